The number of ether oxygens (including phenoxy) is 1. The van der Waals surface area contributed by atoms with Gasteiger partial charge in [0.1, 0.15) is 11.3 Å². The number of hydrogen-bond acceptors (Lipinski definition) is 5. The molecule has 0 bridgehead atoms. The third kappa shape index (κ3) is 3.36. The van der Waals surface area contributed by atoms with Crippen LogP contribution in [0, 0.1) is 6.92 Å². The van der Waals surface area contributed by atoms with Gasteiger partial charge >= 0.3 is 5.97 Å². The number of halogens is 1. The average molecular weight is 434 g/mol. The maximum Gasteiger partial charge on any atom is 0.336 e. The molecular weight excluding hydrogens is 418 g/mol. The molecule has 3 aromatic carbocycles. The summed E-state index contributed by atoms with van der Waals surface area (Å²) in [7, 11) is 1.84. The Bertz CT molecular complexity index is 1490. The number of fused-ring (bicyclic) bond motifs is 2. The number of rotatable bonds is 4. The van der Waals surface area contributed by atoms with Gasteiger partial charge in [-0.2, -0.15) is 4.98 Å². The van der Waals surface area contributed by atoms with Gasteiger partial charge in [-0.1, -0.05) is 28.9 Å². The number of carbonyl (C=O) groups is 1. The highest BCUT2D eigenvalue weighted by molar-refractivity contribution is 6.34. The molecule has 0 aliphatic heterocycles. The third-order valence-electron chi connectivity index (χ3n) is 5.12. The van der Waals surface area contributed by atoms with Crippen molar-refractivity contribution in [3.05, 3.63) is 64.7 Å². The number of carboxylic acids is 1. The van der Waals surface area contributed by atoms with E-state index in [1.54, 1.807) is 29.8 Å². The zero-order chi connectivity index (χ0) is 21.7. The van der Waals surface area contributed by atoms with Crippen LogP contribution in [-0.2, 0) is 7.05 Å². The Morgan fingerprint density at radius 3 is 2.77 bits per heavy atom. The predicted molar refractivity (Wildman–Crippen MR) is 117 cm³/mol. The summed E-state index contributed by atoms with van der Waals surface area (Å²) in [5.74, 6) is -0.632. The van der Waals surface area contributed by atoms with Crippen molar-refractivity contribution in [3.8, 4) is 22.9 Å². The molecule has 0 aliphatic rings. The van der Waals surface area contributed by atoms with Crippen LogP contribution in [0.4, 0.5) is 0 Å². The second-order valence-corrected chi connectivity index (χ2v) is 7.60. The molecule has 0 unspecified atom stereocenters. The highest BCUT2D eigenvalue weighted by Crippen LogP contribution is 2.34. The maximum atomic E-state index is 11.4. The standard InChI is InChI=1S/C22H16ClN5O3/c1-11-3-5-13(8-14(11)21(29)30)31-22-24-18-9-15(16(23)10-19(18)25-22)12-4-6-17-20(7-12)28(2)27-26-17/h3-10H,1-2H3,(H,24,25)(H,29,30). The fourth-order valence-electron chi connectivity index (χ4n) is 3.48. The zero-order valence-electron chi connectivity index (χ0n) is 16.5. The van der Waals surface area contributed by atoms with E-state index in [0.717, 1.165) is 22.2 Å². The van der Waals surface area contributed by atoms with Crippen molar-refractivity contribution in [2.75, 3.05) is 0 Å². The van der Waals surface area contributed by atoms with Gasteiger partial charge in [0, 0.05) is 12.6 Å². The zero-order valence-corrected chi connectivity index (χ0v) is 17.3. The summed E-state index contributed by atoms with van der Waals surface area (Å²) >= 11 is 6.55. The van der Waals surface area contributed by atoms with E-state index in [-0.39, 0.29) is 11.6 Å². The number of benzene rings is 3. The van der Waals surface area contributed by atoms with Crippen molar-refractivity contribution in [3.63, 3.8) is 0 Å². The van der Waals surface area contributed by atoms with Gasteiger partial charge in [-0.25, -0.2) is 9.48 Å². The number of aryl methyl sites for hydroxylation is 2. The molecule has 8 nitrogen and oxygen atoms in total. The average Bonchev–Trinajstić information content (AvgIpc) is 3.30. The van der Waals surface area contributed by atoms with Crippen LogP contribution in [0.3, 0.4) is 0 Å². The molecule has 31 heavy (non-hydrogen) atoms. The monoisotopic (exact) mass is 433 g/mol. The van der Waals surface area contributed by atoms with Crippen LogP contribution in [0.15, 0.2) is 48.5 Å². The van der Waals surface area contributed by atoms with Crippen molar-refractivity contribution in [1.29, 1.82) is 0 Å². The number of imidazole rings is 1. The topological polar surface area (TPSA) is 106 Å². The van der Waals surface area contributed by atoms with Crippen LogP contribution in [0.25, 0.3) is 33.2 Å². The van der Waals surface area contributed by atoms with Gasteiger partial charge in [-0.3, -0.25) is 0 Å². The molecule has 5 aromatic rings. The maximum absolute atomic E-state index is 11.4. The molecule has 154 valence electrons. The first-order chi connectivity index (χ1) is 14.9. The lowest BCUT2D eigenvalue weighted by Gasteiger charge is -2.05. The van der Waals surface area contributed by atoms with Crippen molar-refractivity contribution in [2.45, 2.75) is 6.92 Å². The lowest BCUT2D eigenvalue weighted by Crippen LogP contribution is -2.00. The lowest BCUT2D eigenvalue weighted by molar-refractivity contribution is 0.0695. The fourth-order valence-corrected chi connectivity index (χ4v) is 3.75. The Balaban J connectivity index is 1.53. The van der Waals surface area contributed by atoms with E-state index >= 15 is 0 Å². The summed E-state index contributed by atoms with van der Waals surface area (Å²) < 4.78 is 7.47. The van der Waals surface area contributed by atoms with Gasteiger partial charge in [-0.05, 0) is 54.4 Å². The fraction of sp³-hybridized carbons (Fsp3) is 0.0909. The molecule has 2 aromatic heterocycles. The van der Waals surface area contributed by atoms with Crippen LogP contribution < -0.4 is 4.74 Å². The summed E-state index contributed by atoms with van der Waals surface area (Å²) in [5, 5.41) is 18.0. The smallest absolute Gasteiger partial charge is 0.336 e. The molecule has 0 amide bonds. The van der Waals surface area contributed by atoms with E-state index in [0.29, 0.717) is 27.4 Å². The summed E-state index contributed by atoms with van der Waals surface area (Å²) in [6, 6.07) is 14.6. The predicted octanol–water partition coefficient (Wildman–Crippen LogP) is 4.96. The minimum Gasteiger partial charge on any atom is -0.478 e. The Kier molecular flexibility index (Phi) is 4.37. The highest BCUT2D eigenvalue weighted by Gasteiger charge is 2.14. The van der Waals surface area contributed by atoms with E-state index in [4.69, 9.17) is 16.3 Å². The molecule has 2 N–H and O–H groups in total. The van der Waals surface area contributed by atoms with Crippen molar-refractivity contribution in [2.24, 2.45) is 7.05 Å². The second-order valence-electron chi connectivity index (χ2n) is 7.19. The largest absolute Gasteiger partial charge is 0.478 e. The first kappa shape index (κ1) is 19.1. The van der Waals surface area contributed by atoms with Gasteiger partial charge in [0.2, 0.25) is 0 Å². The summed E-state index contributed by atoms with van der Waals surface area (Å²) in [6.45, 7) is 1.73. The Morgan fingerprint density at radius 2 is 1.97 bits per heavy atom. The van der Waals surface area contributed by atoms with Gasteiger partial charge in [0.05, 0.1) is 27.1 Å². The Hall–Kier alpha value is -3.91. The van der Waals surface area contributed by atoms with Gasteiger partial charge in [-0.15, -0.1) is 5.10 Å². The number of hydrogen-bond donors (Lipinski definition) is 2. The SMILES string of the molecule is Cc1ccc(Oc2nc3cc(-c4ccc5nnn(C)c5c4)c(Cl)cc3[nH]2)cc1C(=O)O. The molecule has 2 heterocycles. The van der Waals surface area contributed by atoms with E-state index < -0.39 is 5.97 Å². The van der Waals surface area contributed by atoms with E-state index in [2.05, 4.69) is 20.3 Å². The molecule has 0 saturated heterocycles. The third-order valence-corrected chi connectivity index (χ3v) is 5.44. The number of H-pyrrole nitrogens is 1. The van der Waals surface area contributed by atoms with Gasteiger partial charge in [0.15, 0.2) is 0 Å². The van der Waals surface area contributed by atoms with Gasteiger partial charge < -0.3 is 14.8 Å². The number of nitrogens with zero attached hydrogens (tertiary/aromatic N) is 4. The van der Waals surface area contributed by atoms with Crippen molar-refractivity contribution in [1.82, 2.24) is 25.0 Å². The highest BCUT2D eigenvalue weighted by atomic mass is 35.5. The molecule has 0 atom stereocenters. The van der Waals surface area contributed by atoms with Crippen LogP contribution in [-0.4, -0.2) is 36.0 Å². The van der Waals surface area contributed by atoms with Crippen LogP contribution in [0.1, 0.15) is 15.9 Å². The van der Waals surface area contributed by atoms with Crippen molar-refractivity contribution < 1.29 is 14.6 Å². The molecule has 0 radical (unpaired) electrons. The van der Waals surface area contributed by atoms with Crippen molar-refractivity contribution >= 4 is 39.6 Å². The molecular formula is C22H16ClN5O3. The lowest BCUT2D eigenvalue weighted by atomic mass is 10.0. The molecule has 9 heteroatoms. The normalized spacial score (nSPS) is 11.3. The molecule has 0 aliphatic carbocycles. The summed E-state index contributed by atoms with van der Waals surface area (Å²) in [5.41, 5.74) is 5.64. The first-order valence-electron chi connectivity index (χ1n) is 9.40. The second kappa shape index (κ2) is 7.10. The van der Waals surface area contributed by atoms with Crippen LogP contribution in [0.5, 0.6) is 11.8 Å². The summed E-state index contributed by atoms with van der Waals surface area (Å²) in [6.07, 6.45) is 0. The Morgan fingerprint density at radius 1 is 1.13 bits per heavy atom. The first-order valence-corrected chi connectivity index (χ1v) is 9.78. The van der Waals surface area contributed by atoms with Crippen LogP contribution in [0.2, 0.25) is 5.02 Å². The Labute approximate surface area is 181 Å². The minimum absolute atomic E-state index is 0.180. The molecule has 0 fully saturated rings. The van der Waals surface area contributed by atoms with E-state index in [9.17, 15) is 9.90 Å². The van der Waals surface area contributed by atoms with Gasteiger partial charge in [0.25, 0.3) is 6.01 Å². The van der Waals surface area contributed by atoms with Crippen LogP contribution >= 0.6 is 11.6 Å². The minimum atomic E-state index is -1.01. The number of aromatic carboxylic acids is 1. The van der Waals surface area contributed by atoms with E-state index in [1.165, 1.54) is 6.07 Å². The number of aromatic amines is 1. The quantitative estimate of drug-likeness (QED) is 0.414. The summed E-state index contributed by atoms with van der Waals surface area (Å²) in [4.78, 5) is 18.9. The van der Waals surface area contributed by atoms with E-state index in [1.807, 2.05) is 31.3 Å². The molecule has 0 spiro atoms. The number of aromatic nitrogens is 5. The molecule has 0 saturated carbocycles. The number of carboxylic acid groups (broad SMARTS) is 1. The number of nitrogens with one attached hydrogen (secondary N) is 1. The molecule has 5 rings (SSSR count).